The molecular formula is C6H10N4O. The number of aromatic nitrogens is 2. The Morgan fingerprint density at radius 2 is 2.36 bits per heavy atom. The fourth-order valence-electron chi connectivity index (χ4n) is 0.858. The molecule has 0 bridgehead atoms. The van der Waals surface area contributed by atoms with Gasteiger partial charge in [-0.1, -0.05) is 0 Å². The monoisotopic (exact) mass is 154 g/mol. The molecule has 5 nitrogen and oxygen atoms in total. The first kappa shape index (κ1) is 7.59. The zero-order valence-corrected chi connectivity index (χ0v) is 6.51. The average Bonchev–Trinajstić information content (AvgIpc) is 2.28. The normalized spacial score (nSPS) is 9.64. The second kappa shape index (κ2) is 2.61. The summed E-state index contributed by atoms with van der Waals surface area (Å²) < 4.78 is 1.34. The molecule has 0 spiro atoms. The van der Waals surface area contributed by atoms with Gasteiger partial charge in [-0.3, -0.25) is 19.6 Å². The van der Waals surface area contributed by atoms with Gasteiger partial charge in [0, 0.05) is 14.1 Å². The lowest BCUT2D eigenvalue weighted by molar-refractivity contribution is 0.742. The second-order valence-electron chi connectivity index (χ2n) is 2.11. The van der Waals surface area contributed by atoms with E-state index in [1.54, 1.807) is 14.1 Å². The number of aromatic amines is 1. The predicted octanol–water partition coefficient (Wildman–Crippen LogP) is 0.0872. The zero-order valence-electron chi connectivity index (χ0n) is 6.51. The van der Waals surface area contributed by atoms with Crippen LogP contribution >= 0.6 is 0 Å². The van der Waals surface area contributed by atoms with E-state index in [-0.39, 0.29) is 5.56 Å². The Kier molecular flexibility index (Phi) is 1.80. The van der Waals surface area contributed by atoms with Crippen molar-refractivity contribution >= 4 is 18.2 Å². The van der Waals surface area contributed by atoms with Crippen LogP contribution in [0.3, 0.4) is 0 Å². The number of hydrogen-bond acceptors (Lipinski definition) is 3. The Bertz CT molecular complexity index is 322. The van der Waals surface area contributed by atoms with Crippen LogP contribution in [0, 0.1) is 0 Å². The highest BCUT2D eigenvalue weighted by Gasteiger charge is 2.07. The molecule has 0 aliphatic rings. The van der Waals surface area contributed by atoms with Crippen molar-refractivity contribution in [1.29, 1.82) is 0 Å². The number of H-pyrrole nitrogens is 1. The van der Waals surface area contributed by atoms with Crippen LogP contribution in [0.2, 0.25) is 0 Å². The maximum atomic E-state index is 11.1. The van der Waals surface area contributed by atoms with E-state index in [4.69, 9.17) is 0 Å². The van der Waals surface area contributed by atoms with Crippen molar-refractivity contribution in [2.24, 2.45) is 12.0 Å². The number of nitrogens with one attached hydrogen (secondary N) is 2. The van der Waals surface area contributed by atoms with Gasteiger partial charge >= 0.3 is 0 Å². The Balaban J connectivity index is 3.38. The predicted molar refractivity (Wildman–Crippen MR) is 44.8 cm³/mol. The molecule has 1 aromatic heterocycles. The van der Waals surface area contributed by atoms with Crippen LogP contribution in [0.4, 0.5) is 11.5 Å². The van der Waals surface area contributed by atoms with E-state index in [2.05, 4.69) is 22.1 Å². The van der Waals surface area contributed by atoms with Crippen LogP contribution in [0.15, 0.2) is 9.79 Å². The highest BCUT2D eigenvalue weighted by molar-refractivity contribution is 5.61. The molecule has 0 atom stereocenters. The van der Waals surface area contributed by atoms with Crippen LogP contribution in [-0.2, 0) is 7.05 Å². The van der Waals surface area contributed by atoms with Gasteiger partial charge in [-0.05, 0) is 6.72 Å². The van der Waals surface area contributed by atoms with Gasteiger partial charge < -0.3 is 5.32 Å². The van der Waals surface area contributed by atoms with Crippen molar-refractivity contribution in [2.75, 3.05) is 12.4 Å². The third-order valence-electron chi connectivity index (χ3n) is 1.43. The van der Waals surface area contributed by atoms with E-state index < -0.39 is 0 Å². The molecule has 5 heteroatoms. The minimum atomic E-state index is -0.177. The minimum absolute atomic E-state index is 0.177. The molecule has 0 fully saturated rings. The summed E-state index contributed by atoms with van der Waals surface area (Å²) in [5, 5.41) is 5.57. The summed E-state index contributed by atoms with van der Waals surface area (Å²) >= 11 is 0. The third-order valence-corrected chi connectivity index (χ3v) is 1.43. The molecule has 2 N–H and O–H groups in total. The van der Waals surface area contributed by atoms with Crippen LogP contribution in [0.1, 0.15) is 0 Å². The molecule has 0 aromatic carbocycles. The van der Waals surface area contributed by atoms with E-state index in [0.29, 0.717) is 11.5 Å². The summed E-state index contributed by atoms with van der Waals surface area (Å²) in [5.74, 6) is 0.590. The molecule has 0 aliphatic carbocycles. The van der Waals surface area contributed by atoms with Gasteiger partial charge in [-0.25, -0.2) is 0 Å². The highest BCUT2D eigenvalue weighted by Crippen LogP contribution is 2.14. The van der Waals surface area contributed by atoms with Crippen molar-refractivity contribution in [2.45, 2.75) is 0 Å². The zero-order chi connectivity index (χ0) is 8.43. The van der Waals surface area contributed by atoms with E-state index >= 15 is 0 Å². The number of aliphatic imine (C=N–C) groups is 1. The second-order valence-corrected chi connectivity index (χ2v) is 2.11. The van der Waals surface area contributed by atoms with Gasteiger partial charge in [0.1, 0.15) is 5.82 Å². The molecule has 60 valence electrons. The minimum Gasteiger partial charge on any atom is -0.372 e. The first-order chi connectivity index (χ1) is 5.20. The molecule has 0 unspecified atom stereocenters. The number of rotatable bonds is 2. The van der Waals surface area contributed by atoms with Gasteiger partial charge in [0.25, 0.3) is 5.56 Å². The summed E-state index contributed by atoms with van der Waals surface area (Å²) in [4.78, 5) is 14.7. The largest absolute Gasteiger partial charge is 0.372 e. The average molecular weight is 154 g/mol. The molecular weight excluding hydrogens is 144 g/mol. The van der Waals surface area contributed by atoms with Crippen molar-refractivity contribution < 1.29 is 0 Å². The van der Waals surface area contributed by atoms with E-state index in [0.717, 1.165) is 0 Å². The number of aryl methyl sites for hydroxylation is 1. The lowest BCUT2D eigenvalue weighted by Gasteiger charge is -1.92. The lowest BCUT2D eigenvalue weighted by atomic mass is 10.5. The van der Waals surface area contributed by atoms with Gasteiger partial charge in [0.05, 0.1) is 0 Å². The Labute approximate surface area is 63.7 Å². The van der Waals surface area contributed by atoms with E-state index in [1.165, 1.54) is 4.68 Å². The van der Waals surface area contributed by atoms with E-state index in [1.807, 2.05) is 0 Å². The Morgan fingerprint density at radius 3 is 2.73 bits per heavy atom. The fraction of sp³-hybridized carbons (Fsp3) is 0.333. The molecule has 11 heavy (non-hydrogen) atoms. The summed E-state index contributed by atoms with van der Waals surface area (Å²) in [6, 6.07) is 0. The third kappa shape index (κ3) is 1.04. The first-order valence-corrected chi connectivity index (χ1v) is 3.14. The fourth-order valence-corrected chi connectivity index (χ4v) is 0.858. The van der Waals surface area contributed by atoms with Crippen molar-refractivity contribution in [3.8, 4) is 0 Å². The molecule has 0 saturated heterocycles. The molecule has 0 radical (unpaired) electrons. The van der Waals surface area contributed by atoms with Gasteiger partial charge in [-0.15, -0.1) is 0 Å². The topological polar surface area (TPSA) is 62.2 Å². The summed E-state index contributed by atoms with van der Waals surface area (Å²) in [5.41, 5.74) is 0.152. The molecule has 1 rings (SSSR count). The van der Waals surface area contributed by atoms with E-state index in [9.17, 15) is 4.79 Å². The quantitative estimate of drug-likeness (QED) is 0.593. The van der Waals surface area contributed by atoms with Crippen LogP contribution in [0.25, 0.3) is 0 Å². The lowest BCUT2D eigenvalue weighted by Crippen LogP contribution is -2.10. The summed E-state index contributed by atoms with van der Waals surface area (Å²) in [7, 11) is 3.33. The van der Waals surface area contributed by atoms with Gasteiger partial charge in [-0.2, -0.15) is 0 Å². The Morgan fingerprint density at radius 1 is 1.73 bits per heavy atom. The number of anilines is 1. The SMILES string of the molecule is C=Nc1c(NC)[nH]n(C)c1=O. The van der Waals surface area contributed by atoms with Crippen LogP contribution < -0.4 is 10.9 Å². The molecule has 0 aliphatic heterocycles. The molecule has 1 aromatic rings. The number of nitrogens with zero attached hydrogens (tertiary/aromatic N) is 2. The van der Waals surface area contributed by atoms with Crippen LogP contribution in [0.5, 0.6) is 0 Å². The smallest absolute Gasteiger partial charge is 0.294 e. The van der Waals surface area contributed by atoms with Gasteiger partial charge in [0.15, 0.2) is 5.69 Å². The van der Waals surface area contributed by atoms with Crippen molar-refractivity contribution in [3.05, 3.63) is 10.4 Å². The van der Waals surface area contributed by atoms with Gasteiger partial charge in [0.2, 0.25) is 0 Å². The molecule has 0 saturated carbocycles. The summed E-state index contributed by atoms with van der Waals surface area (Å²) in [6.07, 6.45) is 0. The number of hydrogen-bond donors (Lipinski definition) is 2. The van der Waals surface area contributed by atoms with Crippen molar-refractivity contribution in [3.63, 3.8) is 0 Å². The Hall–Kier alpha value is -1.52. The highest BCUT2D eigenvalue weighted by atomic mass is 16.1. The van der Waals surface area contributed by atoms with Crippen molar-refractivity contribution in [1.82, 2.24) is 9.78 Å². The van der Waals surface area contributed by atoms with Crippen LogP contribution in [-0.4, -0.2) is 23.5 Å². The summed E-state index contributed by atoms with van der Waals surface area (Å²) in [6.45, 7) is 3.29. The maximum absolute atomic E-state index is 11.1. The first-order valence-electron chi connectivity index (χ1n) is 3.14. The maximum Gasteiger partial charge on any atom is 0.294 e. The standard InChI is InChI=1S/C6H10N4O/c1-7-4-5(8-2)9-10(3)6(4)11/h8-9H,1H2,2-3H3. The molecule has 0 amide bonds. The molecule has 1 heterocycles.